The molecule has 1 fully saturated rings. The van der Waals surface area contributed by atoms with E-state index in [1.807, 2.05) is 82.3 Å². The second kappa shape index (κ2) is 18.4. The zero-order chi connectivity index (χ0) is 31.9. The number of amides is 3. The quantitative estimate of drug-likeness (QED) is 0.279. The second-order valence-electron chi connectivity index (χ2n) is 11.2. The minimum absolute atomic E-state index is 0.0738. The molecule has 0 aliphatic carbocycles. The molecule has 1 aliphatic heterocycles. The lowest BCUT2D eigenvalue weighted by Crippen LogP contribution is -2.58. The molecule has 8 nitrogen and oxygen atoms in total. The van der Waals surface area contributed by atoms with Gasteiger partial charge in [-0.1, -0.05) is 101 Å². The highest BCUT2D eigenvalue weighted by Gasteiger charge is 2.38. The highest BCUT2D eigenvalue weighted by atomic mass is 33.1. The molecular formula is C35H43N3O5S2. The van der Waals surface area contributed by atoms with Gasteiger partial charge in [0.2, 0.25) is 11.8 Å². The minimum Gasteiger partial charge on any atom is -0.508 e. The Bertz CT molecular complexity index is 1340. The first-order valence-corrected chi connectivity index (χ1v) is 18.0. The van der Waals surface area contributed by atoms with Gasteiger partial charge in [0.25, 0.3) is 0 Å². The van der Waals surface area contributed by atoms with Gasteiger partial charge in [-0.25, -0.2) is 4.79 Å². The van der Waals surface area contributed by atoms with Crippen LogP contribution in [0, 0.1) is 0 Å². The van der Waals surface area contributed by atoms with Gasteiger partial charge in [-0.15, -0.1) is 0 Å². The van der Waals surface area contributed by atoms with Crippen molar-refractivity contribution in [3.8, 4) is 5.75 Å². The summed E-state index contributed by atoms with van der Waals surface area (Å²) in [4.78, 5) is 44.8. The summed E-state index contributed by atoms with van der Waals surface area (Å²) in [6, 6.07) is 23.8. The molecule has 45 heavy (non-hydrogen) atoms. The summed E-state index contributed by atoms with van der Waals surface area (Å²) in [5.41, 5.74) is 8.52. The van der Waals surface area contributed by atoms with E-state index in [2.05, 4.69) is 0 Å². The SMILES string of the molecule is NC(=O)[C@H](Cc1ccccc1)N1CCCCCSSCCCCN(C(=O)OCc2ccccc2)[C@H](Cc2ccc(O)cc2)C1=O. The number of phenolic OH excluding ortho intramolecular Hbond substituents is 1. The fourth-order valence-corrected chi connectivity index (χ4v) is 7.65. The van der Waals surface area contributed by atoms with Crippen molar-refractivity contribution in [3.63, 3.8) is 0 Å². The highest BCUT2D eigenvalue weighted by Crippen LogP contribution is 2.26. The van der Waals surface area contributed by atoms with E-state index in [1.165, 1.54) is 4.90 Å². The third-order valence-corrected chi connectivity index (χ3v) is 10.4. The summed E-state index contributed by atoms with van der Waals surface area (Å²) in [6.45, 7) is 0.738. The monoisotopic (exact) mass is 649 g/mol. The molecule has 0 spiro atoms. The molecule has 4 rings (SSSR count). The summed E-state index contributed by atoms with van der Waals surface area (Å²) in [6.07, 6.45) is 4.07. The number of nitrogens with two attached hydrogens (primary N) is 1. The Kier molecular flexibility index (Phi) is 14.0. The summed E-state index contributed by atoms with van der Waals surface area (Å²) in [5.74, 6) is 1.15. The average molecular weight is 650 g/mol. The van der Waals surface area contributed by atoms with Crippen LogP contribution >= 0.6 is 21.6 Å². The zero-order valence-corrected chi connectivity index (χ0v) is 27.2. The Labute approximate surface area is 274 Å². The smallest absolute Gasteiger partial charge is 0.410 e. The Morgan fingerprint density at radius 3 is 2.04 bits per heavy atom. The van der Waals surface area contributed by atoms with E-state index in [1.54, 1.807) is 29.2 Å². The number of hydrogen-bond acceptors (Lipinski definition) is 7. The number of rotatable bonds is 8. The fourth-order valence-electron chi connectivity index (χ4n) is 5.36. The van der Waals surface area contributed by atoms with Crippen molar-refractivity contribution in [2.75, 3.05) is 24.6 Å². The lowest BCUT2D eigenvalue weighted by Gasteiger charge is -2.37. The molecule has 3 N–H and O–H groups in total. The van der Waals surface area contributed by atoms with E-state index in [9.17, 15) is 19.5 Å². The Hall–Kier alpha value is -3.63. The molecule has 0 aromatic heterocycles. The summed E-state index contributed by atoms with van der Waals surface area (Å²) >= 11 is 0. The molecule has 0 bridgehead atoms. The first-order chi connectivity index (χ1) is 21.9. The normalized spacial score (nSPS) is 18.0. The molecular weight excluding hydrogens is 607 g/mol. The molecule has 1 aliphatic rings. The highest BCUT2D eigenvalue weighted by molar-refractivity contribution is 8.76. The second-order valence-corrected chi connectivity index (χ2v) is 13.9. The van der Waals surface area contributed by atoms with Gasteiger partial charge in [-0.05, 0) is 54.5 Å². The number of hydrogen-bond donors (Lipinski definition) is 2. The van der Waals surface area contributed by atoms with Crippen LogP contribution in [0.1, 0.15) is 48.8 Å². The van der Waals surface area contributed by atoms with Crippen molar-refractivity contribution in [1.82, 2.24) is 9.80 Å². The van der Waals surface area contributed by atoms with Crippen LogP contribution in [0.4, 0.5) is 4.79 Å². The van der Waals surface area contributed by atoms with Gasteiger partial charge in [-0.3, -0.25) is 14.5 Å². The molecule has 3 aromatic rings. The van der Waals surface area contributed by atoms with Crippen molar-refractivity contribution in [1.29, 1.82) is 0 Å². The zero-order valence-electron chi connectivity index (χ0n) is 25.6. The number of carbonyl (C=O) groups is 3. The lowest BCUT2D eigenvalue weighted by molar-refractivity contribution is -0.143. The summed E-state index contributed by atoms with van der Waals surface area (Å²) in [5, 5.41) is 9.92. The molecule has 1 heterocycles. The van der Waals surface area contributed by atoms with Gasteiger partial charge in [0.1, 0.15) is 24.4 Å². The molecule has 1 saturated heterocycles. The number of aromatic hydroxyl groups is 1. The molecule has 3 amide bonds. The van der Waals surface area contributed by atoms with Crippen LogP contribution in [0.15, 0.2) is 84.9 Å². The van der Waals surface area contributed by atoms with Gasteiger partial charge >= 0.3 is 6.09 Å². The van der Waals surface area contributed by atoms with Gasteiger partial charge in [0.05, 0.1) is 0 Å². The van der Waals surface area contributed by atoms with Crippen LogP contribution in [-0.2, 0) is 33.8 Å². The van der Waals surface area contributed by atoms with Gasteiger partial charge in [-0.2, -0.15) is 0 Å². The Morgan fingerprint density at radius 2 is 1.40 bits per heavy atom. The van der Waals surface area contributed by atoms with E-state index >= 15 is 0 Å². The maximum atomic E-state index is 14.8. The molecule has 10 heteroatoms. The maximum Gasteiger partial charge on any atom is 0.410 e. The van der Waals surface area contributed by atoms with Crippen LogP contribution in [0.25, 0.3) is 0 Å². The number of nitrogens with zero attached hydrogens (tertiary/aromatic N) is 2. The minimum atomic E-state index is -0.942. The van der Waals surface area contributed by atoms with Crippen molar-refractivity contribution < 1.29 is 24.2 Å². The number of primary amides is 1. The Morgan fingerprint density at radius 1 is 0.800 bits per heavy atom. The van der Waals surface area contributed by atoms with Crippen LogP contribution < -0.4 is 5.73 Å². The molecule has 2 atom stereocenters. The van der Waals surface area contributed by atoms with Gasteiger partial charge in [0, 0.05) is 37.4 Å². The van der Waals surface area contributed by atoms with Crippen LogP contribution in [0.3, 0.4) is 0 Å². The standard InChI is InChI=1S/C35H43N3O5S2/c36-33(40)31(24-27-12-4-1-5-13-27)37-20-8-3-10-22-44-45-23-11-9-21-38(35(42)43-26-29-14-6-2-7-15-29)32(34(37)41)25-28-16-18-30(39)19-17-28/h1-2,4-7,12-19,31-32,39H,3,8-11,20-26H2,(H2,36,40)/t31-,32+/m0/s1. The first-order valence-electron chi connectivity index (χ1n) is 15.6. The van der Waals surface area contributed by atoms with E-state index in [0.29, 0.717) is 25.9 Å². The summed E-state index contributed by atoms with van der Waals surface area (Å²) < 4.78 is 5.81. The third kappa shape index (κ3) is 11.0. The van der Waals surface area contributed by atoms with Crippen molar-refractivity contribution >= 4 is 39.5 Å². The van der Waals surface area contributed by atoms with Crippen molar-refractivity contribution in [2.24, 2.45) is 5.73 Å². The van der Waals surface area contributed by atoms with Crippen LogP contribution in [0.2, 0.25) is 0 Å². The molecule has 0 unspecified atom stereocenters. The van der Waals surface area contributed by atoms with Crippen LogP contribution in [0.5, 0.6) is 5.75 Å². The molecule has 240 valence electrons. The molecule has 3 aromatic carbocycles. The average Bonchev–Trinajstić information content (AvgIpc) is 3.06. The molecule has 0 radical (unpaired) electrons. The van der Waals surface area contributed by atoms with Crippen molar-refractivity contribution in [3.05, 3.63) is 102 Å². The fraction of sp³-hybridized carbons (Fsp3) is 0.400. The maximum absolute atomic E-state index is 14.8. The van der Waals surface area contributed by atoms with E-state index in [4.69, 9.17) is 10.5 Å². The molecule has 0 saturated carbocycles. The number of ether oxygens (including phenoxy) is 1. The first kappa shape index (κ1) is 34.2. The van der Waals surface area contributed by atoms with E-state index in [0.717, 1.165) is 47.5 Å². The third-order valence-electron chi connectivity index (χ3n) is 7.81. The topological polar surface area (TPSA) is 113 Å². The largest absolute Gasteiger partial charge is 0.508 e. The van der Waals surface area contributed by atoms with Crippen molar-refractivity contribution in [2.45, 2.75) is 63.6 Å². The number of phenols is 1. The van der Waals surface area contributed by atoms with Gasteiger partial charge < -0.3 is 20.5 Å². The van der Waals surface area contributed by atoms with E-state index < -0.39 is 24.1 Å². The van der Waals surface area contributed by atoms with Crippen LogP contribution in [-0.4, -0.2) is 69.5 Å². The Balaban J connectivity index is 1.71. The van der Waals surface area contributed by atoms with E-state index in [-0.39, 0.29) is 31.1 Å². The predicted octanol–water partition coefficient (Wildman–Crippen LogP) is 6.21. The van der Waals surface area contributed by atoms with Gasteiger partial charge in [0.15, 0.2) is 0 Å². The lowest BCUT2D eigenvalue weighted by atomic mass is 9.99. The summed E-state index contributed by atoms with van der Waals surface area (Å²) in [7, 11) is 3.69. The predicted molar refractivity (Wildman–Crippen MR) is 182 cm³/mol. The number of benzene rings is 3. The number of carbonyl (C=O) groups excluding carboxylic acids is 3.